The van der Waals surface area contributed by atoms with Gasteiger partial charge < -0.3 is 35.2 Å². The summed E-state index contributed by atoms with van der Waals surface area (Å²) in [5.74, 6) is 0.791. The first-order chi connectivity index (χ1) is 21.1. The lowest BCUT2D eigenvalue weighted by atomic mass is 10.2. The Hall–Kier alpha value is -3.72. The molecule has 2 heterocycles. The lowest BCUT2D eigenvalue weighted by molar-refractivity contribution is -0.115. The molecule has 2 aromatic carbocycles. The molecule has 1 amide bonds. The Kier molecular flexibility index (Phi) is 11.9. The van der Waals surface area contributed by atoms with Crippen molar-refractivity contribution in [3.63, 3.8) is 0 Å². The predicted molar refractivity (Wildman–Crippen MR) is 165 cm³/mol. The van der Waals surface area contributed by atoms with Crippen LogP contribution < -0.4 is 25.4 Å². The number of phosphoric acid groups is 1. The van der Waals surface area contributed by atoms with Crippen LogP contribution in [0.4, 0.5) is 21.0 Å². The number of carbonyl (C=O) groups excluding carboxylic acids is 1. The van der Waals surface area contributed by atoms with E-state index >= 15 is 0 Å². The Labute approximate surface area is 257 Å². The van der Waals surface area contributed by atoms with Crippen molar-refractivity contribution in [3.05, 3.63) is 59.6 Å². The number of anilines is 3. The molecule has 44 heavy (non-hydrogen) atoms. The number of benzene rings is 2. The van der Waals surface area contributed by atoms with Crippen molar-refractivity contribution >= 4 is 52.6 Å². The van der Waals surface area contributed by atoms with Gasteiger partial charge in [-0.3, -0.25) is 9.32 Å². The normalized spacial score (nSPS) is 12.2. The zero-order chi connectivity index (χ0) is 31.5. The molecule has 0 aliphatic heterocycles. The van der Waals surface area contributed by atoms with Gasteiger partial charge in [0.2, 0.25) is 5.91 Å². The van der Waals surface area contributed by atoms with Crippen LogP contribution in [0.1, 0.15) is 31.1 Å². The number of halogens is 1. The Morgan fingerprint density at radius 3 is 2.73 bits per heavy atom. The molecule has 0 saturated carbocycles. The fraction of sp³-hybridized carbons (Fsp3) is 0.357. The van der Waals surface area contributed by atoms with Crippen LogP contribution in [-0.4, -0.2) is 63.6 Å². The molecule has 1 unspecified atom stereocenters. The Bertz CT molecular complexity index is 1600. The molecule has 4 rings (SSSR count). The standard InChI is InChI=1S/C28H34FN6O7PS/c1-3-19(30-9-4-5-10-42-43(37,38)39)16-41-25-14-23-22(13-24(25)40-2)27(33-17-32-23)35-28-31-15-21(44-28)12-26(36)34-20-8-6-7-18(29)11-20/h6-8,11,13-15,17,19,30H,3-5,9-10,12,16H2,1-2H3,(H,34,36)(H2,37,38,39)(H,31,32,33,35). The maximum Gasteiger partial charge on any atom is 0.469 e. The largest absolute Gasteiger partial charge is 0.493 e. The maximum atomic E-state index is 13.4. The summed E-state index contributed by atoms with van der Waals surface area (Å²) in [6.07, 6.45) is 5.10. The first-order valence-corrected chi connectivity index (χ1v) is 16.1. The second-order valence-corrected chi connectivity index (χ2v) is 12.0. The summed E-state index contributed by atoms with van der Waals surface area (Å²) < 4.78 is 40.3. The molecule has 0 radical (unpaired) electrons. The highest BCUT2D eigenvalue weighted by Gasteiger charge is 2.16. The number of amides is 1. The van der Waals surface area contributed by atoms with Crippen LogP contribution in [0.25, 0.3) is 10.9 Å². The van der Waals surface area contributed by atoms with Gasteiger partial charge in [-0.2, -0.15) is 0 Å². The van der Waals surface area contributed by atoms with Gasteiger partial charge in [-0.25, -0.2) is 23.9 Å². The molecule has 0 aliphatic rings. The molecule has 0 aliphatic carbocycles. The minimum Gasteiger partial charge on any atom is -0.493 e. The summed E-state index contributed by atoms with van der Waals surface area (Å²) in [5.41, 5.74) is 1.00. The van der Waals surface area contributed by atoms with E-state index in [4.69, 9.17) is 19.3 Å². The van der Waals surface area contributed by atoms with E-state index in [0.717, 1.165) is 6.42 Å². The van der Waals surface area contributed by atoms with Crippen molar-refractivity contribution in [1.82, 2.24) is 20.3 Å². The first kappa shape index (κ1) is 33.2. The number of hydrogen-bond acceptors (Lipinski definition) is 11. The molecule has 13 nitrogen and oxygen atoms in total. The Balaban J connectivity index is 1.35. The van der Waals surface area contributed by atoms with Gasteiger partial charge >= 0.3 is 7.82 Å². The van der Waals surface area contributed by atoms with E-state index in [2.05, 4.69) is 35.4 Å². The highest BCUT2D eigenvalue weighted by molar-refractivity contribution is 7.46. The zero-order valence-corrected chi connectivity index (χ0v) is 25.9. The van der Waals surface area contributed by atoms with E-state index in [1.807, 2.05) is 6.92 Å². The van der Waals surface area contributed by atoms with Crippen LogP contribution in [0.2, 0.25) is 0 Å². The van der Waals surface area contributed by atoms with Gasteiger partial charge in [0.25, 0.3) is 0 Å². The van der Waals surface area contributed by atoms with Gasteiger partial charge in [-0.15, -0.1) is 11.3 Å². The number of unbranched alkanes of at least 4 members (excludes halogenated alkanes) is 1. The van der Waals surface area contributed by atoms with Crippen molar-refractivity contribution in [3.8, 4) is 11.5 Å². The number of nitrogens with zero attached hydrogens (tertiary/aromatic N) is 3. The lowest BCUT2D eigenvalue weighted by Crippen LogP contribution is -2.34. The number of aromatic nitrogens is 3. The van der Waals surface area contributed by atoms with Crippen molar-refractivity contribution in [2.45, 2.75) is 38.6 Å². The number of nitrogens with one attached hydrogen (secondary N) is 3. The molecule has 4 aromatic rings. The molecular formula is C28H34FN6O7PS. The summed E-state index contributed by atoms with van der Waals surface area (Å²) >= 11 is 1.29. The van der Waals surface area contributed by atoms with Crippen LogP contribution in [-0.2, 0) is 20.3 Å². The molecular weight excluding hydrogens is 614 g/mol. The van der Waals surface area contributed by atoms with Crippen molar-refractivity contribution in [2.75, 3.05) is 37.5 Å². The van der Waals surface area contributed by atoms with Gasteiger partial charge in [0.1, 0.15) is 24.6 Å². The monoisotopic (exact) mass is 648 g/mol. The summed E-state index contributed by atoms with van der Waals surface area (Å²) in [4.78, 5) is 43.8. The number of hydrogen-bond donors (Lipinski definition) is 5. The molecule has 0 bridgehead atoms. The van der Waals surface area contributed by atoms with Crippen LogP contribution in [0.3, 0.4) is 0 Å². The van der Waals surface area contributed by atoms with Gasteiger partial charge in [0.05, 0.1) is 25.7 Å². The number of fused-ring (bicyclic) bond motifs is 1. The van der Waals surface area contributed by atoms with E-state index in [9.17, 15) is 13.8 Å². The number of phosphoric ester groups is 1. The van der Waals surface area contributed by atoms with E-state index in [1.54, 1.807) is 31.5 Å². The van der Waals surface area contributed by atoms with Crippen molar-refractivity contribution in [2.24, 2.45) is 0 Å². The van der Waals surface area contributed by atoms with Gasteiger partial charge in [-0.05, 0) is 50.1 Å². The van der Waals surface area contributed by atoms with E-state index < -0.39 is 13.6 Å². The van der Waals surface area contributed by atoms with Crippen LogP contribution in [0.15, 0.2) is 48.9 Å². The van der Waals surface area contributed by atoms with E-state index in [-0.39, 0.29) is 25.0 Å². The zero-order valence-electron chi connectivity index (χ0n) is 24.2. The topological polar surface area (TPSA) is 177 Å². The Morgan fingerprint density at radius 2 is 1.98 bits per heavy atom. The highest BCUT2D eigenvalue weighted by Crippen LogP contribution is 2.36. The lowest BCUT2D eigenvalue weighted by Gasteiger charge is -2.19. The number of thiazole rings is 1. The first-order valence-electron chi connectivity index (χ1n) is 13.8. The average Bonchev–Trinajstić information content (AvgIpc) is 3.41. The third-order valence-corrected chi connectivity index (χ3v) is 7.77. The quantitative estimate of drug-likeness (QED) is 0.0782. The molecule has 0 saturated heterocycles. The number of carbonyl (C=O) groups is 1. The summed E-state index contributed by atoms with van der Waals surface area (Å²) in [6.45, 7) is 3.02. The maximum absolute atomic E-state index is 13.4. The Morgan fingerprint density at radius 1 is 1.14 bits per heavy atom. The van der Waals surface area contributed by atoms with Gasteiger partial charge in [0, 0.05) is 34.3 Å². The molecule has 1 atom stereocenters. The predicted octanol–water partition coefficient (Wildman–Crippen LogP) is 4.80. The van der Waals surface area contributed by atoms with Gasteiger partial charge in [-0.1, -0.05) is 13.0 Å². The summed E-state index contributed by atoms with van der Waals surface area (Å²) in [5, 5.41) is 10.5. The molecule has 2 aromatic heterocycles. The smallest absolute Gasteiger partial charge is 0.469 e. The SMILES string of the molecule is CCC(COc1cc2ncnc(Nc3ncc(CC(=O)Nc4cccc(F)c4)s3)c2cc1OC)NCCCCOP(=O)(O)O. The summed E-state index contributed by atoms with van der Waals surface area (Å²) in [7, 11) is -2.89. The minimum absolute atomic E-state index is 0.00881. The van der Waals surface area contributed by atoms with E-state index in [1.165, 1.54) is 35.9 Å². The van der Waals surface area contributed by atoms with Crippen molar-refractivity contribution < 1.29 is 37.5 Å². The number of ether oxygens (including phenoxy) is 2. The van der Waals surface area contributed by atoms with Crippen molar-refractivity contribution in [1.29, 1.82) is 0 Å². The number of methoxy groups -OCH3 is 1. The highest BCUT2D eigenvalue weighted by atomic mass is 32.1. The molecule has 5 N–H and O–H groups in total. The van der Waals surface area contributed by atoms with Crippen LogP contribution >= 0.6 is 19.2 Å². The second kappa shape index (κ2) is 15.8. The molecule has 16 heteroatoms. The second-order valence-electron chi connectivity index (χ2n) is 9.64. The van der Waals surface area contributed by atoms with Crippen LogP contribution in [0.5, 0.6) is 11.5 Å². The van der Waals surface area contributed by atoms with Gasteiger partial charge in [0.15, 0.2) is 16.6 Å². The fourth-order valence-corrected chi connectivity index (χ4v) is 5.32. The average molecular weight is 649 g/mol. The number of rotatable bonds is 17. The molecule has 236 valence electrons. The third kappa shape index (κ3) is 10.2. The summed E-state index contributed by atoms with van der Waals surface area (Å²) in [6, 6.07) is 9.30. The minimum atomic E-state index is -4.44. The third-order valence-electron chi connectivity index (χ3n) is 6.34. The fourth-order valence-electron chi connectivity index (χ4n) is 4.14. The molecule has 0 spiro atoms. The van der Waals surface area contributed by atoms with E-state index in [0.29, 0.717) is 69.9 Å². The van der Waals surface area contributed by atoms with Crippen LogP contribution in [0, 0.1) is 5.82 Å². The molecule has 0 fully saturated rings.